The number of benzene rings is 7. The fourth-order valence-corrected chi connectivity index (χ4v) is 6.84. The molecule has 0 amide bonds. The first-order chi connectivity index (χ1) is 24.8. The Hall–Kier alpha value is -6.58. The number of hydrogen-bond acceptors (Lipinski definition) is 3. The third-order valence-corrected chi connectivity index (χ3v) is 9.43. The van der Waals surface area contributed by atoms with Crippen molar-refractivity contribution in [3.63, 3.8) is 0 Å². The summed E-state index contributed by atoms with van der Waals surface area (Å²) < 4.78 is 6.16. The van der Waals surface area contributed by atoms with Gasteiger partial charge in [-0.1, -0.05) is 164 Å². The lowest BCUT2D eigenvalue weighted by molar-refractivity contribution is 0.302. The molecule has 0 spiro atoms. The lowest BCUT2D eigenvalue weighted by atomic mass is 9.89. The fourth-order valence-electron chi connectivity index (χ4n) is 6.84. The Balaban J connectivity index is 1.13. The first kappa shape index (κ1) is 29.6. The number of fused-ring (bicyclic) bond motifs is 3. The zero-order chi connectivity index (χ0) is 33.3. The second-order valence-corrected chi connectivity index (χ2v) is 12.6. The van der Waals surface area contributed by atoms with Crippen LogP contribution in [0.25, 0.3) is 78.4 Å². The van der Waals surface area contributed by atoms with Gasteiger partial charge in [0.05, 0.1) is 11.4 Å². The Kier molecular flexibility index (Phi) is 7.56. The summed E-state index contributed by atoms with van der Waals surface area (Å²) in [6, 6.07) is 63.7. The van der Waals surface area contributed by atoms with Crippen molar-refractivity contribution in [1.82, 2.24) is 9.97 Å². The van der Waals surface area contributed by atoms with Crippen LogP contribution in [0.4, 0.5) is 0 Å². The van der Waals surface area contributed by atoms with E-state index >= 15 is 0 Å². The molecule has 0 bridgehead atoms. The van der Waals surface area contributed by atoms with Crippen molar-refractivity contribution in [2.75, 3.05) is 0 Å². The van der Waals surface area contributed by atoms with E-state index in [0.29, 0.717) is 12.4 Å². The Morgan fingerprint density at radius 3 is 1.64 bits per heavy atom. The van der Waals surface area contributed by atoms with Gasteiger partial charge in [0.2, 0.25) is 0 Å². The van der Waals surface area contributed by atoms with Crippen molar-refractivity contribution >= 4 is 0 Å². The molecule has 2 heterocycles. The lowest BCUT2D eigenvalue weighted by Crippen LogP contribution is -2.06. The van der Waals surface area contributed by atoms with E-state index in [4.69, 9.17) is 14.7 Å². The standard InChI is InChI=1S/C47H32N2O/c1-3-11-32(12-4-1)34-21-25-36(26-22-34)43-30-44(39-17-9-16-38(29-39)33-13-5-2-6-14-33)49-47(48-43)37-27-23-35(24-28-37)41-19-10-20-45-46(41)42-18-8-7-15-40(42)31-50-45/h1-30H,31H2. The van der Waals surface area contributed by atoms with Gasteiger partial charge < -0.3 is 4.74 Å². The Bertz CT molecular complexity index is 2450. The van der Waals surface area contributed by atoms with E-state index in [-0.39, 0.29) is 0 Å². The maximum absolute atomic E-state index is 6.16. The van der Waals surface area contributed by atoms with Gasteiger partial charge in [0, 0.05) is 22.3 Å². The molecule has 236 valence electrons. The molecule has 9 rings (SSSR count). The van der Waals surface area contributed by atoms with Crippen LogP contribution in [-0.4, -0.2) is 9.97 Å². The van der Waals surface area contributed by atoms with Crippen molar-refractivity contribution in [2.24, 2.45) is 0 Å². The third kappa shape index (κ3) is 5.65. The van der Waals surface area contributed by atoms with Crippen LogP contribution in [0, 0.1) is 0 Å². The molecule has 1 aliphatic rings. The molecule has 0 atom stereocenters. The first-order valence-corrected chi connectivity index (χ1v) is 16.9. The molecule has 3 heteroatoms. The molecule has 3 nitrogen and oxygen atoms in total. The highest BCUT2D eigenvalue weighted by Crippen LogP contribution is 2.44. The highest BCUT2D eigenvalue weighted by molar-refractivity contribution is 5.90. The monoisotopic (exact) mass is 640 g/mol. The Morgan fingerprint density at radius 2 is 0.880 bits per heavy atom. The number of hydrogen-bond donors (Lipinski definition) is 0. The van der Waals surface area contributed by atoms with Crippen molar-refractivity contribution in [3.8, 4) is 84.2 Å². The van der Waals surface area contributed by atoms with Gasteiger partial charge in [-0.25, -0.2) is 9.97 Å². The molecular weight excluding hydrogens is 609 g/mol. The molecule has 0 saturated carbocycles. The van der Waals surface area contributed by atoms with Crippen LogP contribution in [0.5, 0.6) is 5.75 Å². The van der Waals surface area contributed by atoms with Gasteiger partial charge in [-0.05, 0) is 62.7 Å². The summed E-state index contributed by atoms with van der Waals surface area (Å²) in [6.07, 6.45) is 0. The molecule has 8 aromatic rings. The summed E-state index contributed by atoms with van der Waals surface area (Å²) in [6.45, 7) is 0.588. The van der Waals surface area contributed by atoms with E-state index in [1.54, 1.807) is 0 Å². The molecule has 0 N–H and O–H groups in total. The minimum atomic E-state index is 0.588. The summed E-state index contributed by atoms with van der Waals surface area (Å²) >= 11 is 0. The summed E-state index contributed by atoms with van der Waals surface area (Å²) in [5, 5.41) is 0. The molecule has 0 radical (unpaired) electrons. The minimum absolute atomic E-state index is 0.588. The number of rotatable bonds is 6. The van der Waals surface area contributed by atoms with Crippen LogP contribution >= 0.6 is 0 Å². The maximum Gasteiger partial charge on any atom is 0.160 e. The summed E-state index contributed by atoms with van der Waals surface area (Å²) in [5.74, 6) is 1.60. The van der Waals surface area contributed by atoms with E-state index in [0.717, 1.165) is 56.1 Å². The van der Waals surface area contributed by atoms with E-state index in [1.807, 2.05) is 12.1 Å². The SMILES string of the molecule is c1ccc(-c2ccc(-c3cc(-c4cccc(-c5ccccc5)c4)nc(-c4ccc(-c5cccc6c5-c5ccccc5CO6)cc4)n3)cc2)cc1. The lowest BCUT2D eigenvalue weighted by Gasteiger charge is -2.23. The van der Waals surface area contributed by atoms with E-state index in [9.17, 15) is 0 Å². The second-order valence-electron chi connectivity index (χ2n) is 12.6. The van der Waals surface area contributed by atoms with Crippen LogP contribution in [0.15, 0.2) is 182 Å². The van der Waals surface area contributed by atoms with Gasteiger partial charge in [0.25, 0.3) is 0 Å². The van der Waals surface area contributed by atoms with Crippen LogP contribution in [0.1, 0.15) is 5.56 Å². The molecule has 1 aromatic heterocycles. The fraction of sp³-hybridized carbons (Fsp3) is 0.0213. The average Bonchev–Trinajstić information content (AvgIpc) is 3.21. The van der Waals surface area contributed by atoms with Crippen LogP contribution in [0.2, 0.25) is 0 Å². The molecule has 7 aromatic carbocycles. The molecule has 1 aliphatic heterocycles. The van der Waals surface area contributed by atoms with Crippen LogP contribution in [0.3, 0.4) is 0 Å². The van der Waals surface area contributed by atoms with Gasteiger partial charge >= 0.3 is 0 Å². The molecule has 0 saturated heterocycles. The van der Waals surface area contributed by atoms with E-state index in [1.165, 1.54) is 27.8 Å². The number of nitrogens with zero attached hydrogens (tertiary/aromatic N) is 2. The summed E-state index contributed by atoms with van der Waals surface area (Å²) in [5.41, 5.74) is 15.3. The van der Waals surface area contributed by atoms with Crippen LogP contribution in [-0.2, 0) is 6.61 Å². The maximum atomic E-state index is 6.16. The first-order valence-electron chi connectivity index (χ1n) is 16.9. The smallest absolute Gasteiger partial charge is 0.160 e. The summed E-state index contributed by atoms with van der Waals surface area (Å²) in [4.78, 5) is 10.3. The average molecular weight is 641 g/mol. The highest BCUT2D eigenvalue weighted by atomic mass is 16.5. The predicted molar refractivity (Wildman–Crippen MR) is 204 cm³/mol. The van der Waals surface area contributed by atoms with Crippen LogP contribution < -0.4 is 4.74 Å². The molecule has 50 heavy (non-hydrogen) atoms. The van der Waals surface area contributed by atoms with Crippen molar-refractivity contribution in [2.45, 2.75) is 6.61 Å². The quantitative estimate of drug-likeness (QED) is 0.181. The van der Waals surface area contributed by atoms with E-state index in [2.05, 4.69) is 170 Å². The third-order valence-electron chi connectivity index (χ3n) is 9.43. The number of ether oxygens (including phenoxy) is 1. The molecular formula is C47H32N2O. The highest BCUT2D eigenvalue weighted by Gasteiger charge is 2.21. The van der Waals surface area contributed by atoms with Crippen molar-refractivity contribution < 1.29 is 4.74 Å². The normalized spacial score (nSPS) is 11.7. The Morgan fingerprint density at radius 1 is 0.360 bits per heavy atom. The molecule has 0 unspecified atom stereocenters. The van der Waals surface area contributed by atoms with Crippen molar-refractivity contribution in [3.05, 3.63) is 188 Å². The molecule has 0 aliphatic carbocycles. The largest absolute Gasteiger partial charge is 0.488 e. The molecule has 0 fully saturated rings. The topological polar surface area (TPSA) is 35.0 Å². The summed E-state index contributed by atoms with van der Waals surface area (Å²) in [7, 11) is 0. The van der Waals surface area contributed by atoms with Gasteiger partial charge in [-0.2, -0.15) is 0 Å². The van der Waals surface area contributed by atoms with Gasteiger partial charge in [0.1, 0.15) is 12.4 Å². The van der Waals surface area contributed by atoms with Gasteiger partial charge in [-0.3, -0.25) is 0 Å². The second kappa shape index (κ2) is 12.8. The van der Waals surface area contributed by atoms with E-state index < -0.39 is 0 Å². The zero-order valence-corrected chi connectivity index (χ0v) is 27.3. The van der Waals surface area contributed by atoms with Gasteiger partial charge in [0.15, 0.2) is 5.82 Å². The van der Waals surface area contributed by atoms with Crippen molar-refractivity contribution in [1.29, 1.82) is 0 Å². The minimum Gasteiger partial charge on any atom is -0.488 e. The zero-order valence-electron chi connectivity index (χ0n) is 27.3. The van der Waals surface area contributed by atoms with Gasteiger partial charge in [-0.15, -0.1) is 0 Å². The number of aromatic nitrogens is 2. The predicted octanol–water partition coefficient (Wildman–Crippen LogP) is 12.0. The Labute approximate surface area is 292 Å².